The summed E-state index contributed by atoms with van der Waals surface area (Å²) < 4.78 is 10.3. The van der Waals surface area contributed by atoms with Crippen molar-refractivity contribution in [1.82, 2.24) is 9.80 Å². The van der Waals surface area contributed by atoms with Crippen molar-refractivity contribution < 1.29 is 14.6 Å². The second-order valence-electron chi connectivity index (χ2n) is 4.37. The summed E-state index contributed by atoms with van der Waals surface area (Å²) in [5, 5.41) is 8.59. The summed E-state index contributed by atoms with van der Waals surface area (Å²) in [6, 6.07) is 0. The van der Waals surface area contributed by atoms with E-state index in [4.69, 9.17) is 14.6 Å². The first-order chi connectivity index (χ1) is 8.36. The van der Waals surface area contributed by atoms with Gasteiger partial charge in [0.1, 0.15) is 0 Å². The van der Waals surface area contributed by atoms with Gasteiger partial charge in [-0.2, -0.15) is 0 Å². The van der Waals surface area contributed by atoms with Crippen molar-refractivity contribution in [2.75, 3.05) is 72.8 Å². The average molecular weight is 246 g/mol. The van der Waals surface area contributed by atoms with Gasteiger partial charge in [0.05, 0.1) is 19.8 Å². The third kappa shape index (κ3) is 6.95. The molecule has 1 fully saturated rings. The molecule has 1 aliphatic heterocycles. The molecule has 1 heterocycles. The van der Waals surface area contributed by atoms with Gasteiger partial charge in [0, 0.05) is 53.0 Å². The van der Waals surface area contributed by atoms with Crippen molar-refractivity contribution in [3.05, 3.63) is 0 Å². The molecule has 1 rings (SSSR count). The standard InChI is InChI=1S/C12H26N2O3/c1-16-10-2-3-13-4-6-14(7-5-13)8-11-17-12-9-15/h15H,2-12H2,1H3. The molecule has 17 heavy (non-hydrogen) atoms. The maximum absolute atomic E-state index is 8.59. The van der Waals surface area contributed by atoms with Gasteiger partial charge in [-0.15, -0.1) is 0 Å². The van der Waals surface area contributed by atoms with Crippen molar-refractivity contribution in [3.8, 4) is 0 Å². The highest BCUT2D eigenvalue weighted by molar-refractivity contribution is 4.71. The number of ether oxygens (including phenoxy) is 2. The number of hydrogen-bond acceptors (Lipinski definition) is 5. The van der Waals surface area contributed by atoms with E-state index in [1.54, 1.807) is 7.11 Å². The molecule has 1 N–H and O–H groups in total. The zero-order chi connectivity index (χ0) is 12.3. The van der Waals surface area contributed by atoms with Gasteiger partial charge in [0.25, 0.3) is 0 Å². The second kappa shape index (κ2) is 9.79. The Morgan fingerprint density at radius 2 is 1.59 bits per heavy atom. The van der Waals surface area contributed by atoms with E-state index < -0.39 is 0 Å². The minimum atomic E-state index is 0.118. The molecule has 0 saturated carbocycles. The van der Waals surface area contributed by atoms with E-state index in [0.29, 0.717) is 6.61 Å². The quantitative estimate of drug-likeness (QED) is 0.563. The number of piperazine rings is 1. The number of methoxy groups -OCH3 is 1. The molecule has 0 bridgehead atoms. The van der Waals surface area contributed by atoms with Crippen LogP contribution in [0.5, 0.6) is 0 Å². The predicted molar refractivity (Wildman–Crippen MR) is 67.3 cm³/mol. The van der Waals surface area contributed by atoms with Crippen LogP contribution in [0.2, 0.25) is 0 Å². The van der Waals surface area contributed by atoms with Gasteiger partial charge >= 0.3 is 0 Å². The predicted octanol–water partition coefficient (Wildman–Crippen LogP) is -0.351. The number of aliphatic hydroxyl groups is 1. The van der Waals surface area contributed by atoms with Crippen LogP contribution in [0.4, 0.5) is 0 Å². The first kappa shape index (κ1) is 14.9. The third-order valence-electron chi connectivity index (χ3n) is 3.08. The Labute approximate surface area is 104 Å². The highest BCUT2D eigenvalue weighted by atomic mass is 16.5. The summed E-state index contributed by atoms with van der Waals surface area (Å²) in [5.74, 6) is 0. The minimum Gasteiger partial charge on any atom is -0.394 e. The maximum atomic E-state index is 8.59. The number of rotatable bonds is 9. The van der Waals surface area contributed by atoms with E-state index >= 15 is 0 Å². The maximum Gasteiger partial charge on any atom is 0.0698 e. The summed E-state index contributed by atoms with van der Waals surface area (Å²) in [6.45, 7) is 8.80. The summed E-state index contributed by atoms with van der Waals surface area (Å²) in [6.07, 6.45) is 1.12. The van der Waals surface area contributed by atoms with E-state index in [-0.39, 0.29) is 6.61 Å². The second-order valence-corrected chi connectivity index (χ2v) is 4.37. The summed E-state index contributed by atoms with van der Waals surface area (Å²) in [4.78, 5) is 4.91. The van der Waals surface area contributed by atoms with Gasteiger partial charge in [-0.05, 0) is 6.42 Å². The first-order valence-corrected chi connectivity index (χ1v) is 6.49. The van der Waals surface area contributed by atoms with Gasteiger partial charge in [0.15, 0.2) is 0 Å². The summed E-state index contributed by atoms with van der Waals surface area (Å²) in [5.41, 5.74) is 0. The molecule has 5 heteroatoms. The van der Waals surface area contributed by atoms with Crippen molar-refractivity contribution in [1.29, 1.82) is 0 Å². The fourth-order valence-electron chi connectivity index (χ4n) is 2.03. The molecule has 0 aromatic heterocycles. The molecular weight excluding hydrogens is 220 g/mol. The molecular formula is C12H26N2O3. The smallest absolute Gasteiger partial charge is 0.0698 e. The molecule has 5 nitrogen and oxygen atoms in total. The van der Waals surface area contributed by atoms with Gasteiger partial charge in [-0.3, -0.25) is 4.90 Å². The lowest BCUT2D eigenvalue weighted by atomic mass is 10.3. The van der Waals surface area contributed by atoms with Gasteiger partial charge in [-0.1, -0.05) is 0 Å². The van der Waals surface area contributed by atoms with Crippen LogP contribution in [-0.2, 0) is 9.47 Å². The zero-order valence-corrected chi connectivity index (χ0v) is 10.9. The summed E-state index contributed by atoms with van der Waals surface area (Å²) >= 11 is 0. The van der Waals surface area contributed by atoms with Crippen molar-refractivity contribution in [3.63, 3.8) is 0 Å². The fraction of sp³-hybridized carbons (Fsp3) is 1.00. The van der Waals surface area contributed by atoms with Gasteiger partial charge in [0.2, 0.25) is 0 Å². The van der Waals surface area contributed by atoms with Crippen LogP contribution in [0.25, 0.3) is 0 Å². The largest absolute Gasteiger partial charge is 0.394 e. The monoisotopic (exact) mass is 246 g/mol. The topological polar surface area (TPSA) is 45.2 Å². The van der Waals surface area contributed by atoms with E-state index in [2.05, 4.69) is 9.80 Å². The highest BCUT2D eigenvalue weighted by Gasteiger charge is 2.15. The molecule has 0 atom stereocenters. The number of aliphatic hydroxyl groups excluding tert-OH is 1. The van der Waals surface area contributed by atoms with E-state index in [0.717, 1.165) is 58.9 Å². The van der Waals surface area contributed by atoms with E-state index in [9.17, 15) is 0 Å². The Morgan fingerprint density at radius 3 is 2.18 bits per heavy atom. The van der Waals surface area contributed by atoms with Crippen molar-refractivity contribution in [2.45, 2.75) is 6.42 Å². The van der Waals surface area contributed by atoms with Crippen molar-refractivity contribution in [2.24, 2.45) is 0 Å². The molecule has 0 amide bonds. The fourth-order valence-corrected chi connectivity index (χ4v) is 2.03. The SMILES string of the molecule is COCCCN1CCN(CCOCCO)CC1. The lowest BCUT2D eigenvalue weighted by molar-refractivity contribution is 0.0560. The Kier molecular flexibility index (Phi) is 8.56. The normalized spacial score (nSPS) is 18.7. The van der Waals surface area contributed by atoms with Crippen LogP contribution in [-0.4, -0.2) is 87.7 Å². The molecule has 102 valence electrons. The van der Waals surface area contributed by atoms with Gasteiger partial charge in [-0.25, -0.2) is 0 Å². The molecule has 0 spiro atoms. The summed E-state index contributed by atoms with van der Waals surface area (Å²) in [7, 11) is 1.75. The molecule has 0 aromatic rings. The highest BCUT2D eigenvalue weighted by Crippen LogP contribution is 2.02. The zero-order valence-electron chi connectivity index (χ0n) is 10.9. The van der Waals surface area contributed by atoms with Crippen LogP contribution in [0.15, 0.2) is 0 Å². The van der Waals surface area contributed by atoms with E-state index in [1.807, 2.05) is 0 Å². The first-order valence-electron chi connectivity index (χ1n) is 6.49. The molecule has 0 aliphatic carbocycles. The molecule has 0 unspecified atom stereocenters. The average Bonchev–Trinajstić information content (AvgIpc) is 2.37. The molecule has 0 radical (unpaired) electrons. The third-order valence-corrected chi connectivity index (χ3v) is 3.08. The van der Waals surface area contributed by atoms with Crippen LogP contribution < -0.4 is 0 Å². The Hall–Kier alpha value is -0.200. The van der Waals surface area contributed by atoms with Crippen LogP contribution in [0.1, 0.15) is 6.42 Å². The lowest BCUT2D eigenvalue weighted by Crippen LogP contribution is -2.47. The van der Waals surface area contributed by atoms with Crippen molar-refractivity contribution >= 4 is 0 Å². The molecule has 0 aromatic carbocycles. The Morgan fingerprint density at radius 1 is 0.941 bits per heavy atom. The van der Waals surface area contributed by atoms with Crippen LogP contribution >= 0.6 is 0 Å². The van der Waals surface area contributed by atoms with Crippen LogP contribution in [0, 0.1) is 0 Å². The number of hydrogen-bond donors (Lipinski definition) is 1. The van der Waals surface area contributed by atoms with Crippen LogP contribution in [0.3, 0.4) is 0 Å². The Balaban J connectivity index is 1.97. The lowest BCUT2D eigenvalue weighted by Gasteiger charge is -2.34. The molecule has 1 saturated heterocycles. The number of nitrogens with zero attached hydrogens (tertiary/aromatic N) is 2. The Bertz CT molecular complexity index is 173. The molecule has 1 aliphatic rings. The minimum absolute atomic E-state index is 0.118. The van der Waals surface area contributed by atoms with E-state index in [1.165, 1.54) is 0 Å². The van der Waals surface area contributed by atoms with Gasteiger partial charge < -0.3 is 19.5 Å².